The summed E-state index contributed by atoms with van der Waals surface area (Å²) in [4.78, 5) is 42.3. The van der Waals surface area contributed by atoms with Crippen LogP contribution in [-0.2, 0) is 11.3 Å². The van der Waals surface area contributed by atoms with Gasteiger partial charge in [0.25, 0.3) is 0 Å². The largest absolute Gasteiger partial charge is 0.506 e. The van der Waals surface area contributed by atoms with Crippen LogP contribution in [0.15, 0.2) is 108 Å². The maximum absolute atomic E-state index is 12.9. The van der Waals surface area contributed by atoms with E-state index in [4.69, 9.17) is 4.74 Å². The normalized spacial score (nSPS) is 14.3. The smallest absolute Gasteiger partial charge is 0.411 e. The lowest BCUT2D eigenvalue weighted by Gasteiger charge is -2.31. The number of nitrogens with zero attached hydrogens (tertiary/aromatic N) is 1. The van der Waals surface area contributed by atoms with Gasteiger partial charge in [0.1, 0.15) is 11.9 Å². The third kappa shape index (κ3) is 9.47. The van der Waals surface area contributed by atoms with E-state index in [1.807, 2.05) is 72.8 Å². The molecule has 51 heavy (non-hydrogen) atoms. The fraction of sp³-hybridized carbons (Fsp3) is 0.275. The highest BCUT2D eigenvalue weighted by molar-refractivity contribution is 5.97. The molecule has 4 aromatic carbocycles. The van der Waals surface area contributed by atoms with Crippen LogP contribution in [0.25, 0.3) is 22.0 Å². The van der Waals surface area contributed by atoms with E-state index in [1.54, 1.807) is 18.2 Å². The average Bonchev–Trinajstić information content (AvgIpc) is 3.15. The molecule has 0 radical (unpaired) electrons. The summed E-state index contributed by atoms with van der Waals surface area (Å²) in [6.07, 6.45) is 0.0219. The molecule has 0 saturated carbocycles. The number of ketones is 1. The Bertz CT molecular complexity index is 2010. The molecule has 1 amide bonds. The molecule has 1 aromatic heterocycles. The van der Waals surface area contributed by atoms with Gasteiger partial charge in [0.2, 0.25) is 5.56 Å². The van der Waals surface area contributed by atoms with Crippen LogP contribution in [-0.4, -0.2) is 77.3 Å². The molecule has 1 saturated heterocycles. The first-order valence-electron chi connectivity index (χ1n) is 17.2. The van der Waals surface area contributed by atoms with Crippen LogP contribution in [0.1, 0.15) is 40.4 Å². The number of aliphatic hydroxyl groups excluding tert-OH is 1. The van der Waals surface area contributed by atoms with Crippen molar-refractivity contribution in [3.05, 3.63) is 130 Å². The van der Waals surface area contributed by atoms with Crippen LogP contribution in [0, 0.1) is 0 Å². The fourth-order valence-electron chi connectivity index (χ4n) is 6.41. The first-order valence-corrected chi connectivity index (χ1v) is 17.2. The maximum atomic E-state index is 12.9. The third-order valence-corrected chi connectivity index (χ3v) is 9.13. The number of amides is 1. The number of phenolic OH excluding ortho intramolecular Hbond substituents is 1. The minimum atomic E-state index is -0.876. The number of fused-ring (bicyclic) bond motifs is 1. The Morgan fingerprint density at radius 2 is 1.69 bits per heavy atom. The standard InChI is InChI=1S/C40H43N5O6/c46-35-15-13-32(33-14-16-38(49)44-39(33)35)37(48)26-42-24-27-7-6-10-29(23-27)36(47)25-41-19-22-45-20-17-30(18-21-45)51-40(50)43-34-12-5-4-11-31(34)28-8-2-1-3-9-28/h1-16,23,30,37,41-42,46,48H,17-22,24-26H2,(H,43,50)(H,44,49)/t37-/m1/s1. The highest BCUT2D eigenvalue weighted by atomic mass is 16.6. The Morgan fingerprint density at radius 3 is 2.51 bits per heavy atom. The maximum Gasteiger partial charge on any atom is 0.411 e. The van der Waals surface area contributed by atoms with Gasteiger partial charge in [-0.2, -0.15) is 0 Å². The molecule has 11 nitrogen and oxygen atoms in total. The van der Waals surface area contributed by atoms with Gasteiger partial charge in [0.05, 0.1) is 23.9 Å². The third-order valence-electron chi connectivity index (χ3n) is 9.13. The number of anilines is 1. The number of nitrogens with one attached hydrogen (secondary N) is 4. The molecule has 1 aliphatic heterocycles. The van der Waals surface area contributed by atoms with Gasteiger partial charge in [-0.25, -0.2) is 4.79 Å². The number of carbonyl (C=O) groups is 2. The van der Waals surface area contributed by atoms with Crippen LogP contribution in [0.2, 0.25) is 0 Å². The van der Waals surface area contributed by atoms with E-state index in [-0.39, 0.29) is 41.8 Å². The van der Waals surface area contributed by atoms with E-state index in [0.717, 1.165) is 49.2 Å². The van der Waals surface area contributed by atoms with Gasteiger partial charge in [0.15, 0.2) is 5.78 Å². The van der Waals surface area contributed by atoms with Gasteiger partial charge in [-0.3, -0.25) is 14.9 Å². The van der Waals surface area contributed by atoms with Gasteiger partial charge in [-0.05, 0) is 53.8 Å². The highest BCUT2D eigenvalue weighted by Crippen LogP contribution is 2.29. The zero-order valence-corrected chi connectivity index (χ0v) is 28.3. The van der Waals surface area contributed by atoms with Gasteiger partial charge >= 0.3 is 6.09 Å². The number of aliphatic hydroxyl groups is 1. The number of pyridine rings is 1. The fourth-order valence-corrected chi connectivity index (χ4v) is 6.41. The number of hydrogen-bond donors (Lipinski definition) is 6. The monoisotopic (exact) mass is 689 g/mol. The summed E-state index contributed by atoms with van der Waals surface area (Å²) in [7, 11) is 0. The molecule has 1 atom stereocenters. The second-order valence-corrected chi connectivity index (χ2v) is 12.7. The number of Topliss-reactive ketones (excluding diaryl/α,β-unsaturated/α-hetero) is 1. The summed E-state index contributed by atoms with van der Waals surface area (Å²) in [5, 5.41) is 30.9. The minimum absolute atomic E-state index is 0.00611. The Kier molecular flexibility index (Phi) is 11.9. The van der Waals surface area contributed by atoms with Crippen molar-refractivity contribution in [1.82, 2.24) is 20.5 Å². The Hall–Kier alpha value is -5.33. The van der Waals surface area contributed by atoms with Gasteiger partial charge in [-0.15, -0.1) is 0 Å². The molecule has 0 bridgehead atoms. The van der Waals surface area contributed by atoms with Crippen molar-refractivity contribution in [3.8, 4) is 16.9 Å². The zero-order valence-electron chi connectivity index (χ0n) is 28.3. The molecule has 0 aliphatic carbocycles. The van der Waals surface area contributed by atoms with E-state index in [2.05, 4.69) is 25.8 Å². The zero-order chi connectivity index (χ0) is 35.6. The van der Waals surface area contributed by atoms with Crippen LogP contribution >= 0.6 is 0 Å². The van der Waals surface area contributed by atoms with Crippen molar-refractivity contribution in [2.45, 2.75) is 31.6 Å². The molecule has 264 valence electrons. The average molecular weight is 690 g/mol. The van der Waals surface area contributed by atoms with Crippen LogP contribution in [0.3, 0.4) is 0 Å². The predicted molar refractivity (Wildman–Crippen MR) is 198 cm³/mol. The van der Waals surface area contributed by atoms with Gasteiger partial charge in [-0.1, -0.05) is 72.8 Å². The van der Waals surface area contributed by atoms with E-state index in [0.29, 0.717) is 35.3 Å². The summed E-state index contributed by atoms with van der Waals surface area (Å²) < 4.78 is 5.76. The number of ether oxygens (including phenoxy) is 1. The summed E-state index contributed by atoms with van der Waals surface area (Å²) in [6.45, 7) is 3.96. The molecule has 1 aliphatic rings. The van der Waals surface area contributed by atoms with Crippen molar-refractivity contribution >= 4 is 28.5 Å². The second kappa shape index (κ2) is 17.1. The summed E-state index contributed by atoms with van der Waals surface area (Å²) in [6, 6.07) is 31.1. The number of benzene rings is 4. The minimum Gasteiger partial charge on any atom is -0.506 e. The van der Waals surface area contributed by atoms with Crippen LogP contribution in [0.5, 0.6) is 5.75 Å². The molecule has 0 spiro atoms. The van der Waals surface area contributed by atoms with E-state index < -0.39 is 12.2 Å². The van der Waals surface area contributed by atoms with Crippen molar-refractivity contribution < 1.29 is 24.5 Å². The van der Waals surface area contributed by atoms with E-state index in [9.17, 15) is 24.6 Å². The van der Waals surface area contributed by atoms with E-state index in [1.165, 1.54) is 12.1 Å². The number of aromatic amines is 1. The van der Waals surface area contributed by atoms with Gasteiger partial charge in [0, 0.05) is 61.8 Å². The number of hydrogen-bond acceptors (Lipinski definition) is 9. The lowest BCUT2D eigenvalue weighted by Crippen LogP contribution is -2.42. The first-order chi connectivity index (χ1) is 24.8. The summed E-state index contributed by atoms with van der Waals surface area (Å²) in [5.41, 5.74) is 4.74. The lowest BCUT2D eigenvalue weighted by atomic mass is 10.0. The number of likely N-dealkylation sites (tertiary alicyclic amines) is 1. The summed E-state index contributed by atoms with van der Waals surface area (Å²) >= 11 is 0. The predicted octanol–water partition coefficient (Wildman–Crippen LogP) is 5.21. The van der Waals surface area contributed by atoms with Crippen molar-refractivity contribution in [2.24, 2.45) is 0 Å². The molecular formula is C40H43N5O6. The number of para-hydroxylation sites is 1. The number of rotatable bonds is 14. The Morgan fingerprint density at radius 1 is 0.902 bits per heavy atom. The summed E-state index contributed by atoms with van der Waals surface area (Å²) in [5.74, 6) is -0.0635. The van der Waals surface area contributed by atoms with Crippen LogP contribution in [0.4, 0.5) is 10.5 Å². The molecular weight excluding hydrogens is 646 g/mol. The van der Waals surface area contributed by atoms with E-state index >= 15 is 0 Å². The quantitative estimate of drug-likeness (QED) is 0.0681. The molecule has 0 unspecified atom stereocenters. The highest BCUT2D eigenvalue weighted by Gasteiger charge is 2.23. The molecule has 5 aromatic rings. The molecule has 11 heteroatoms. The number of aromatic nitrogens is 1. The van der Waals surface area contributed by atoms with Crippen LogP contribution < -0.4 is 21.5 Å². The Balaban J connectivity index is 0.885. The Labute approximate surface area is 296 Å². The van der Waals surface area contributed by atoms with Crippen molar-refractivity contribution in [3.63, 3.8) is 0 Å². The number of H-pyrrole nitrogens is 1. The molecule has 6 N–H and O–H groups in total. The topological polar surface area (TPSA) is 156 Å². The molecule has 2 heterocycles. The first kappa shape index (κ1) is 35.5. The molecule has 1 fully saturated rings. The lowest BCUT2D eigenvalue weighted by molar-refractivity contribution is 0.0593. The number of piperidine rings is 1. The number of aromatic hydroxyl groups is 1. The SMILES string of the molecule is O=C(Nc1ccccc1-c1ccccc1)OC1CCN(CCNCC(=O)c2cccc(CNC[C@@H](O)c3ccc(O)c4[nH]c(=O)ccc34)c2)CC1. The van der Waals surface area contributed by atoms with Crippen molar-refractivity contribution in [1.29, 1.82) is 0 Å². The number of phenols is 1. The second-order valence-electron chi connectivity index (χ2n) is 12.7. The number of carbonyl (C=O) groups excluding carboxylic acids is 2. The molecule has 6 rings (SSSR count). The van der Waals surface area contributed by atoms with Gasteiger partial charge < -0.3 is 35.5 Å². The van der Waals surface area contributed by atoms with Crippen molar-refractivity contribution in [2.75, 3.05) is 44.6 Å².